The van der Waals surface area contributed by atoms with Crippen molar-refractivity contribution in [3.63, 3.8) is 0 Å². The van der Waals surface area contributed by atoms with Gasteiger partial charge in [0.15, 0.2) is 0 Å². The topological polar surface area (TPSA) is 52.9 Å². The molecule has 0 radical (unpaired) electrons. The smallest absolute Gasteiger partial charge is 0.256 e. The molecule has 0 heterocycles. The molecule has 100 valence electrons. The maximum atomic E-state index is 13.7. The summed E-state index contributed by atoms with van der Waals surface area (Å²) in [6.45, 7) is 1.87. The Morgan fingerprint density at radius 3 is 2.70 bits per heavy atom. The molecule has 2 aromatic carbocycles. The summed E-state index contributed by atoms with van der Waals surface area (Å²) in [7, 11) is 0. The molecule has 0 fully saturated rings. The molecule has 0 spiro atoms. The summed E-state index contributed by atoms with van der Waals surface area (Å²) in [6, 6.07) is 11.1. The summed E-state index contributed by atoms with van der Waals surface area (Å²) >= 11 is 3.29. The van der Waals surface area contributed by atoms with Crippen molar-refractivity contribution in [3.05, 3.63) is 63.4 Å². The normalized spacial score (nSPS) is 9.90. The van der Waals surface area contributed by atoms with Gasteiger partial charge in [0.1, 0.15) is 5.82 Å². The second-order valence-corrected chi connectivity index (χ2v) is 5.10. The number of aryl methyl sites for hydroxylation is 1. The Morgan fingerprint density at radius 1 is 1.30 bits per heavy atom. The van der Waals surface area contributed by atoms with Crippen LogP contribution in [0.4, 0.5) is 10.1 Å². The number of nitriles is 1. The van der Waals surface area contributed by atoms with Gasteiger partial charge in [-0.15, -0.1) is 0 Å². The highest BCUT2D eigenvalue weighted by atomic mass is 79.9. The fourth-order valence-corrected chi connectivity index (χ4v) is 2.12. The Hall–Kier alpha value is -2.19. The van der Waals surface area contributed by atoms with Gasteiger partial charge in [-0.05, 0) is 53.2 Å². The van der Waals surface area contributed by atoms with E-state index in [0.717, 1.165) is 11.6 Å². The lowest BCUT2D eigenvalue weighted by molar-refractivity contribution is 0.102. The number of carbonyl (C=O) groups excluding carboxylic acids is 1. The third kappa shape index (κ3) is 3.03. The molecule has 0 aromatic heterocycles. The van der Waals surface area contributed by atoms with Gasteiger partial charge in [-0.25, -0.2) is 4.39 Å². The SMILES string of the molecule is Cc1ccc(Br)c(C(=O)Nc2ccc(C#N)cc2F)c1. The van der Waals surface area contributed by atoms with Crippen LogP contribution in [0.1, 0.15) is 21.5 Å². The zero-order chi connectivity index (χ0) is 14.7. The van der Waals surface area contributed by atoms with E-state index in [1.165, 1.54) is 12.1 Å². The van der Waals surface area contributed by atoms with E-state index in [1.54, 1.807) is 12.1 Å². The van der Waals surface area contributed by atoms with Gasteiger partial charge in [-0.1, -0.05) is 11.6 Å². The molecule has 0 aliphatic carbocycles. The van der Waals surface area contributed by atoms with Crippen molar-refractivity contribution in [1.29, 1.82) is 5.26 Å². The molecule has 1 N–H and O–H groups in total. The zero-order valence-corrected chi connectivity index (χ0v) is 12.2. The average molecular weight is 333 g/mol. The van der Waals surface area contributed by atoms with Gasteiger partial charge >= 0.3 is 0 Å². The summed E-state index contributed by atoms with van der Waals surface area (Å²) in [5.41, 5.74) is 1.60. The van der Waals surface area contributed by atoms with Crippen LogP contribution >= 0.6 is 15.9 Å². The van der Waals surface area contributed by atoms with Crippen molar-refractivity contribution < 1.29 is 9.18 Å². The number of carbonyl (C=O) groups is 1. The number of benzene rings is 2. The van der Waals surface area contributed by atoms with Crippen LogP contribution in [0, 0.1) is 24.1 Å². The number of halogens is 2. The molecular formula is C15H10BrFN2O. The number of nitrogens with zero attached hydrogens (tertiary/aromatic N) is 1. The highest BCUT2D eigenvalue weighted by Gasteiger charge is 2.13. The van der Waals surface area contributed by atoms with Crippen molar-refractivity contribution in [3.8, 4) is 6.07 Å². The van der Waals surface area contributed by atoms with Crippen LogP contribution in [0.3, 0.4) is 0 Å². The first-order chi connectivity index (χ1) is 9.51. The lowest BCUT2D eigenvalue weighted by atomic mass is 10.1. The van der Waals surface area contributed by atoms with Crippen LogP contribution < -0.4 is 5.32 Å². The minimum atomic E-state index is -0.638. The van der Waals surface area contributed by atoms with Gasteiger partial charge in [0.25, 0.3) is 5.91 Å². The van der Waals surface area contributed by atoms with E-state index in [-0.39, 0.29) is 11.3 Å². The van der Waals surface area contributed by atoms with Gasteiger partial charge in [0, 0.05) is 4.47 Å². The summed E-state index contributed by atoms with van der Waals surface area (Å²) in [5, 5.41) is 11.2. The minimum absolute atomic E-state index is 0.0439. The van der Waals surface area contributed by atoms with Crippen molar-refractivity contribution >= 4 is 27.5 Å². The third-order valence-corrected chi connectivity index (χ3v) is 3.40. The number of hydrogen-bond acceptors (Lipinski definition) is 2. The van der Waals surface area contributed by atoms with E-state index in [2.05, 4.69) is 21.2 Å². The maximum Gasteiger partial charge on any atom is 0.256 e. The minimum Gasteiger partial charge on any atom is -0.319 e. The number of rotatable bonds is 2. The standard InChI is InChI=1S/C15H10BrFN2O/c1-9-2-4-12(16)11(6-9)15(20)19-14-5-3-10(8-18)7-13(14)17/h2-7H,1H3,(H,19,20). The Kier molecular flexibility index (Phi) is 4.16. The van der Waals surface area contributed by atoms with E-state index >= 15 is 0 Å². The Bertz CT molecular complexity index is 722. The highest BCUT2D eigenvalue weighted by molar-refractivity contribution is 9.10. The van der Waals surface area contributed by atoms with Crippen molar-refractivity contribution in [2.45, 2.75) is 6.92 Å². The molecule has 20 heavy (non-hydrogen) atoms. The predicted molar refractivity (Wildman–Crippen MR) is 77.9 cm³/mol. The first-order valence-corrected chi connectivity index (χ1v) is 6.57. The molecular weight excluding hydrogens is 323 g/mol. The second-order valence-electron chi connectivity index (χ2n) is 4.24. The molecule has 5 heteroatoms. The highest BCUT2D eigenvalue weighted by Crippen LogP contribution is 2.21. The van der Waals surface area contributed by atoms with Crippen molar-refractivity contribution in [2.24, 2.45) is 0 Å². The van der Waals surface area contributed by atoms with E-state index in [1.807, 2.05) is 19.1 Å². The molecule has 0 atom stereocenters. The van der Waals surface area contributed by atoms with Gasteiger partial charge in [0.2, 0.25) is 0 Å². The largest absolute Gasteiger partial charge is 0.319 e. The average Bonchev–Trinajstić information content (AvgIpc) is 2.43. The Labute approximate surface area is 124 Å². The van der Waals surface area contributed by atoms with Gasteiger partial charge < -0.3 is 5.32 Å². The van der Waals surface area contributed by atoms with Crippen LogP contribution in [0.25, 0.3) is 0 Å². The summed E-state index contributed by atoms with van der Waals surface area (Å²) < 4.78 is 14.3. The summed E-state index contributed by atoms with van der Waals surface area (Å²) in [4.78, 5) is 12.1. The molecule has 3 nitrogen and oxygen atoms in total. The molecule has 0 saturated heterocycles. The first kappa shape index (κ1) is 14.2. The lowest BCUT2D eigenvalue weighted by Crippen LogP contribution is -2.14. The lowest BCUT2D eigenvalue weighted by Gasteiger charge is -2.08. The zero-order valence-electron chi connectivity index (χ0n) is 10.6. The molecule has 0 unspecified atom stereocenters. The molecule has 0 aliphatic heterocycles. The Balaban J connectivity index is 2.28. The monoisotopic (exact) mass is 332 g/mol. The van der Waals surface area contributed by atoms with E-state index in [9.17, 15) is 9.18 Å². The number of nitrogens with one attached hydrogen (secondary N) is 1. The quantitative estimate of drug-likeness (QED) is 0.902. The third-order valence-electron chi connectivity index (χ3n) is 2.71. The summed E-state index contributed by atoms with van der Waals surface area (Å²) in [6.07, 6.45) is 0. The first-order valence-electron chi connectivity index (χ1n) is 5.78. The number of amides is 1. The van der Waals surface area contributed by atoms with Crippen LogP contribution in [-0.2, 0) is 0 Å². The van der Waals surface area contributed by atoms with E-state index in [4.69, 9.17) is 5.26 Å². The van der Waals surface area contributed by atoms with Crippen LogP contribution in [0.2, 0.25) is 0 Å². The van der Waals surface area contributed by atoms with Crippen molar-refractivity contribution in [1.82, 2.24) is 0 Å². The fraction of sp³-hybridized carbons (Fsp3) is 0.0667. The molecule has 0 bridgehead atoms. The van der Waals surface area contributed by atoms with Gasteiger partial charge in [-0.2, -0.15) is 5.26 Å². The molecule has 2 rings (SSSR count). The number of hydrogen-bond donors (Lipinski definition) is 1. The molecule has 2 aromatic rings. The molecule has 0 saturated carbocycles. The van der Waals surface area contributed by atoms with Crippen LogP contribution in [0.5, 0.6) is 0 Å². The Morgan fingerprint density at radius 2 is 2.05 bits per heavy atom. The van der Waals surface area contributed by atoms with Crippen molar-refractivity contribution in [2.75, 3.05) is 5.32 Å². The van der Waals surface area contributed by atoms with E-state index in [0.29, 0.717) is 10.0 Å². The summed E-state index contributed by atoms with van der Waals surface area (Å²) in [5.74, 6) is -1.05. The number of anilines is 1. The molecule has 0 aliphatic rings. The van der Waals surface area contributed by atoms with Crippen LogP contribution in [-0.4, -0.2) is 5.91 Å². The predicted octanol–water partition coefficient (Wildman–Crippen LogP) is 4.02. The second kappa shape index (κ2) is 5.85. The van der Waals surface area contributed by atoms with Crippen LogP contribution in [0.15, 0.2) is 40.9 Å². The molecule has 1 amide bonds. The fourth-order valence-electron chi connectivity index (χ4n) is 1.69. The maximum absolute atomic E-state index is 13.7. The van der Waals surface area contributed by atoms with Gasteiger partial charge in [0.05, 0.1) is 22.9 Å². The van der Waals surface area contributed by atoms with Gasteiger partial charge in [-0.3, -0.25) is 4.79 Å². The van der Waals surface area contributed by atoms with E-state index < -0.39 is 11.7 Å².